The smallest absolute Gasteiger partial charge is 0.151 e. The molecule has 1 aromatic heterocycles. The molecule has 0 amide bonds. The number of nitrogens with two attached hydrogens (primary N) is 1. The zero-order valence-corrected chi connectivity index (χ0v) is 11.3. The second-order valence-electron chi connectivity index (χ2n) is 3.99. The Morgan fingerprint density at radius 1 is 1.11 bits per heavy atom. The van der Waals surface area contributed by atoms with Crippen LogP contribution in [-0.2, 0) is 0 Å². The maximum absolute atomic E-state index is 5.85. The molecule has 0 saturated carbocycles. The van der Waals surface area contributed by atoms with Crippen LogP contribution in [0.3, 0.4) is 0 Å². The summed E-state index contributed by atoms with van der Waals surface area (Å²) in [5, 5.41) is 4.35. The second-order valence-corrected chi connectivity index (χ2v) is 4.81. The highest BCUT2D eigenvalue weighted by molar-refractivity contribution is 6.30. The lowest BCUT2D eigenvalue weighted by molar-refractivity contribution is 0.876. The van der Waals surface area contributed by atoms with Crippen molar-refractivity contribution in [2.45, 2.75) is 13.0 Å². The summed E-state index contributed by atoms with van der Waals surface area (Å²) in [6, 6.07) is 11.1. The van der Waals surface area contributed by atoms with Crippen molar-refractivity contribution in [3.8, 4) is 0 Å². The van der Waals surface area contributed by atoms with Crippen molar-refractivity contribution >= 4 is 34.7 Å². The van der Waals surface area contributed by atoms with Gasteiger partial charge in [-0.1, -0.05) is 35.3 Å². The molecule has 0 spiro atoms. The van der Waals surface area contributed by atoms with Crippen molar-refractivity contribution < 1.29 is 0 Å². The maximum atomic E-state index is 5.85. The van der Waals surface area contributed by atoms with E-state index in [4.69, 9.17) is 28.9 Å². The summed E-state index contributed by atoms with van der Waals surface area (Å²) in [5.41, 5.74) is 7.50. The molecule has 0 aliphatic carbocycles. The van der Waals surface area contributed by atoms with E-state index in [1.807, 2.05) is 31.2 Å². The minimum absolute atomic E-state index is 0.0653. The van der Waals surface area contributed by atoms with Crippen molar-refractivity contribution in [1.29, 1.82) is 0 Å². The van der Waals surface area contributed by atoms with Crippen LogP contribution in [0.15, 0.2) is 36.4 Å². The highest BCUT2D eigenvalue weighted by atomic mass is 35.5. The first-order valence-electron chi connectivity index (χ1n) is 5.50. The number of halogens is 2. The predicted molar refractivity (Wildman–Crippen MR) is 77.1 cm³/mol. The third-order valence-corrected chi connectivity index (χ3v) is 3.08. The van der Waals surface area contributed by atoms with E-state index in [1.165, 1.54) is 0 Å². The fraction of sp³-hybridized carbons (Fsp3) is 0.154. The van der Waals surface area contributed by atoms with Crippen LogP contribution in [0.5, 0.6) is 0 Å². The summed E-state index contributed by atoms with van der Waals surface area (Å²) in [7, 11) is 0. The fourth-order valence-corrected chi connectivity index (χ4v) is 1.88. The van der Waals surface area contributed by atoms with Gasteiger partial charge in [0.2, 0.25) is 0 Å². The van der Waals surface area contributed by atoms with Gasteiger partial charge >= 0.3 is 0 Å². The zero-order chi connectivity index (χ0) is 13.1. The quantitative estimate of drug-likeness (QED) is 0.832. The summed E-state index contributed by atoms with van der Waals surface area (Å²) in [5.74, 6) is 0.588. The molecule has 1 aromatic carbocycles. The number of benzene rings is 1. The van der Waals surface area contributed by atoms with Crippen LogP contribution in [0.1, 0.15) is 18.5 Å². The van der Waals surface area contributed by atoms with Crippen molar-refractivity contribution in [2.24, 2.45) is 0 Å². The third kappa shape index (κ3) is 3.06. The van der Waals surface area contributed by atoms with E-state index in [9.17, 15) is 0 Å². The Morgan fingerprint density at radius 2 is 1.78 bits per heavy atom. The molecule has 2 rings (SSSR count). The monoisotopic (exact) mass is 281 g/mol. The van der Waals surface area contributed by atoms with Crippen LogP contribution in [0.4, 0.5) is 11.5 Å². The molecule has 94 valence electrons. The number of nitrogen functional groups attached to an aromatic ring is 1. The molecule has 1 atom stereocenters. The molecule has 0 aliphatic rings. The molecule has 0 radical (unpaired) electrons. The van der Waals surface area contributed by atoms with Gasteiger partial charge in [0.1, 0.15) is 5.15 Å². The highest BCUT2D eigenvalue weighted by Gasteiger charge is 2.08. The van der Waals surface area contributed by atoms with Gasteiger partial charge < -0.3 is 11.1 Å². The Kier molecular flexibility index (Phi) is 3.94. The summed E-state index contributed by atoms with van der Waals surface area (Å²) in [6.45, 7) is 2.02. The Morgan fingerprint density at radius 3 is 2.44 bits per heavy atom. The third-order valence-electron chi connectivity index (χ3n) is 2.62. The minimum Gasteiger partial charge on any atom is -0.396 e. The molecule has 0 fully saturated rings. The van der Waals surface area contributed by atoms with Crippen molar-refractivity contribution in [2.75, 3.05) is 11.1 Å². The minimum atomic E-state index is 0.0653. The molecular weight excluding hydrogens is 269 g/mol. The SMILES string of the molecule is CC(Nc1nc(Cl)ccc1N)c1ccc(Cl)cc1. The standard InChI is InChI=1S/C13H13Cl2N3/c1-8(9-2-4-10(14)5-3-9)17-13-11(16)6-7-12(15)18-13/h2-8H,16H2,1H3,(H,17,18). The number of hydrogen-bond acceptors (Lipinski definition) is 3. The van der Waals surface area contributed by atoms with Gasteiger partial charge in [0.15, 0.2) is 5.82 Å². The average Bonchev–Trinajstić information content (AvgIpc) is 2.34. The van der Waals surface area contributed by atoms with Gasteiger partial charge in [-0.3, -0.25) is 0 Å². The number of pyridine rings is 1. The van der Waals surface area contributed by atoms with E-state index in [-0.39, 0.29) is 6.04 Å². The fourth-order valence-electron chi connectivity index (χ4n) is 1.60. The van der Waals surface area contributed by atoms with Crippen LogP contribution in [-0.4, -0.2) is 4.98 Å². The van der Waals surface area contributed by atoms with E-state index in [1.54, 1.807) is 12.1 Å². The second kappa shape index (κ2) is 5.46. The molecule has 1 unspecified atom stereocenters. The number of anilines is 2. The molecule has 5 heteroatoms. The molecule has 18 heavy (non-hydrogen) atoms. The molecule has 1 heterocycles. The first-order chi connectivity index (χ1) is 8.56. The molecule has 0 aliphatic heterocycles. The van der Waals surface area contributed by atoms with E-state index >= 15 is 0 Å². The molecular formula is C13H13Cl2N3. The van der Waals surface area contributed by atoms with Gasteiger partial charge in [0, 0.05) is 5.02 Å². The highest BCUT2D eigenvalue weighted by Crippen LogP contribution is 2.24. The topological polar surface area (TPSA) is 50.9 Å². The number of aromatic nitrogens is 1. The molecule has 0 saturated heterocycles. The van der Waals surface area contributed by atoms with Gasteiger partial charge in [-0.2, -0.15) is 0 Å². The first-order valence-corrected chi connectivity index (χ1v) is 6.26. The molecule has 3 nitrogen and oxygen atoms in total. The molecule has 2 aromatic rings. The number of rotatable bonds is 3. The van der Waals surface area contributed by atoms with Crippen LogP contribution in [0.25, 0.3) is 0 Å². The van der Waals surface area contributed by atoms with E-state index in [0.29, 0.717) is 21.7 Å². The Balaban J connectivity index is 2.18. The lowest BCUT2D eigenvalue weighted by atomic mass is 10.1. The normalized spacial score (nSPS) is 12.2. The number of nitrogens with one attached hydrogen (secondary N) is 1. The van der Waals surface area contributed by atoms with Crippen LogP contribution < -0.4 is 11.1 Å². The van der Waals surface area contributed by atoms with Crippen molar-refractivity contribution in [3.05, 3.63) is 52.1 Å². The van der Waals surface area contributed by atoms with E-state index in [0.717, 1.165) is 5.56 Å². The van der Waals surface area contributed by atoms with Crippen molar-refractivity contribution in [1.82, 2.24) is 4.98 Å². The Bertz CT molecular complexity index is 540. The van der Waals surface area contributed by atoms with Gasteiger partial charge in [-0.15, -0.1) is 0 Å². The lowest BCUT2D eigenvalue weighted by Gasteiger charge is -2.16. The summed E-state index contributed by atoms with van der Waals surface area (Å²) < 4.78 is 0. The average molecular weight is 282 g/mol. The first kappa shape index (κ1) is 13.0. The summed E-state index contributed by atoms with van der Waals surface area (Å²) in [6.07, 6.45) is 0. The Hall–Kier alpha value is -1.45. The van der Waals surface area contributed by atoms with Gasteiger partial charge in [-0.25, -0.2) is 4.98 Å². The van der Waals surface area contributed by atoms with Gasteiger partial charge in [0.25, 0.3) is 0 Å². The lowest BCUT2D eigenvalue weighted by Crippen LogP contribution is -2.09. The maximum Gasteiger partial charge on any atom is 0.151 e. The zero-order valence-electron chi connectivity index (χ0n) is 9.82. The van der Waals surface area contributed by atoms with Crippen LogP contribution >= 0.6 is 23.2 Å². The summed E-state index contributed by atoms with van der Waals surface area (Å²) in [4.78, 5) is 4.16. The Labute approximate surface area is 116 Å². The number of hydrogen-bond donors (Lipinski definition) is 2. The van der Waals surface area contributed by atoms with Crippen LogP contribution in [0.2, 0.25) is 10.2 Å². The largest absolute Gasteiger partial charge is 0.396 e. The van der Waals surface area contributed by atoms with E-state index < -0.39 is 0 Å². The van der Waals surface area contributed by atoms with Gasteiger partial charge in [0.05, 0.1) is 11.7 Å². The molecule has 3 N–H and O–H groups in total. The predicted octanol–water partition coefficient (Wildman–Crippen LogP) is 4.14. The van der Waals surface area contributed by atoms with Crippen LogP contribution in [0, 0.1) is 0 Å². The summed E-state index contributed by atoms with van der Waals surface area (Å²) >= 11 is 11.7. The van der Waals surface area contributed by atoms with E-state index in [2.05, 4.69) is 10.3 Å². The number of nitrogens with zero attached hydrogens (tertiary/aromatic N) is 1. The molecule has 0 bridgehead atoms. The van der Waals surface area contributed by atoms with Crippen molar-refractivity contribution in [3.63, 3.8) is 0 Å². The van der Waals surface area contributed by atoms with Gasteiger partial charge in [-0.05, 0) is 36.8 Å².